The number of rotatable bonds is 10. The molecular formula is C16H34N4O3. The highest BCUT2D eigenvalue weighted by atomic mass is 16.5. The maximum Gasteiger partial charge on any atom is 0.191 e. The molecule has 7 heteroatoms. The molecule has 1 aliphatic rings. The molecule has 1 heterocycles. The third-order valence-corrected chi connectivity index (χ3v) is 4.37. The van der Waals surface area contributed by atoms with Gasteiger partial charge >= 0.3 is 0 Å². The van der Waals surface area contributed by atoms with Crippen LogP contribution in [0.1, 0.15) is 19.3 Å². The van der Waals surface area contributed by atoms with Crippen molar-refractivity contribution in [2.75, 3.05) is 74.4 Å². The van der Waals surface area contributed by atoms with Gasteiger partial charge in [0.15, 0.2) is 5.96 Å². The molecule has 0 amide bonds. The lowest BCUT2D eigenvalue weighted by molar-refractivity contribution is -0.00501. The molecule has 7 nitrogen and oxygen atoms in total. The second-order valence-electron chi connectivity index (χ2n) is 6.04. The van der Waals surface area contributed by atoms with Gasteiger partial charge in [0.2, 0.25) is 0 Å². The lowest BCUT2D eigenvalue weighted by Gasteiger charge is -2.43. The molecule has 0 aliphatic carbocycles. The standard InChI is InChI=1S/C16H34N4O3/c1-17-15(18-8-5-9-22-13-12-21-4)19-14-16(20(2)3)6-10-23-11-7-16/h5-14H2,1-4H3,(H2,17,18,19). The average Bonchev–Trinajstić information content (AvgIpc) is 2.57. The van der Waals surface area contributed by atoms with E-state index in [9.17, 15) is 0 Å². The Bertz CT molecular complexity index is 331. The number of aliphatic imine (C=N–C) groups is 1. The normalized spacial score (nSPS) is 18.2. The predicted octanol–water partition coefficient (Wildman–Crippen LogP) is 0.315. The fraction of sp³-hybridized carbons (Fsp3) is 0.938. The Labute approximate surface area is 140 Å². The Morgan fingerprint density at radius 2 is 1.91 bits per heavy atom. The van der Waals surface area contributed by atoms with E-state index in [1.807, 2.05) is 0 Å². The molecule has 1 aliphatic heterocycles. The van der Waals surface area contributed by atoms with Gasteiger partial charge in [-0.3, -0.25) is 4.99 Å². The maximum absolute atomic E-state index is 5.50. The molecular weight excluding hydrogens is 296 g/mol. The van der Waals surface area contributed by atoms with E-state index in [1.165, 1.54) is 0 Å². The third kappa shape index (κ3) is 7.48. The maximum atomic E-state index is 5.50. The van der Waals surface area contributed by atoms with Crippen molar-refractivity contribution >= 4 is 5.96 Å². The van der Waals surface area contributed by atoms with Crippen LogP contribution in [0.2, 0.25) is 0 Å². The van der Waals surface area contributed by atoms with Gasteiger partial charge in [-0.25, -0.2) is 0 Å². The van der Waals surface area contributed by atoms with Crippen molar-refractivity contribution in [3.63, 3.8) is 0 Å². The number of methoxy groups -OCH3 is 1. The minimum Gasteiger partial charge on any atom is -0.382 e. The molecule has 1 rings (SSSR count). The van der Waals surface area contributed by atoms with Crippen molar-refractivity contribution in [2.45, 2.75) is 24.8 Å². The Morgan fingerprint density at radius 3 is 2.52 bits per heavy atom. The summed E-state index contributed by atoms with van der Waals surface area (Å²) < 4.78 is 15.9. The summed E-state index contributed by atoms with van der Waals surface area (Å²) in [6, 6.07) is 0. The molecule has 0 spiro atoms. The van der Waals surface area contributed by atoms with Gasteiger partial charge in [0.25, 0.3) is 0 Å². The molecule has 0 aromatic heterocycles. The van der Waals surface area contributed by atoms with Crippen LogP contribution in [0, 0.1) is 0 Å². The van der Waals surface area contributed by atoms with Gasteiger partial charge < -0.3 is 29.7 Å². The first-order chi connectivity index (χ1) is 11.1. The van der Waals surface area contributed by atoms with Gasteiger partial charge in [0.05, 0.1) is 13.2 Å². The molecule has 1 saturated heterocycles. The number of nitrogens with zero attached hydrogens (tertiary/aromatic N) is 2. The summed E-state index contributed by atoms with van der Waals surface area (Å²) in [5, 5.41) is 6.79. The molecule has 136 valence electrons. The van der Waals surface area contributed by atoms with Gasteiger partial charge in [-0.15, -0.1) is 0 Å². The highest BCUT2D eigenvalue weighted by molar-refractivity contribution is 5.79. The number of nitrogens with one attached hydrogen (secondary N) is 2. The van der Waals surface area contributed by atoms with Gasteiger partial charge in [-0.2, -0.15) is 0 Å². The van der Waals surface area contributed by atoms with Crippen LogP contribution in [0.3, 0.4) is 0 Å². The molecule has 0 bridgehead atoms. The number of hydrogen-bond acceptors (Lipinski definition) is 5. The number of likely N-dealkylation sites (N-methyl/N-ethyl adjacent to an activating group) is 1. The largest absolute Gasteiger partial charge is 0.382 e. The molecule has 23 heavy (non-hydrogen) atoms. The lowest BCUT2D eigenvalue weighted by Crippen LogP contribution is -2.57. The zero-order valence-corrected chi connectivity index (χ0v) is 15.2. The van der Waals surface area contributed by atoms with E-state index in [0.29, 0.717) is 13.2 Å². The number of ether oxygens (including phenoxy) is 3. The Kier molecular flexibility index (Phi) is 10.2. The van der Waals surface area contributed by atoms with Crippen molar-refractivity contribution < 1.29 is 14.2 Å². The van der Waals surface area contributed by atoms with Crippen LogP contribution in [0.5, 0.6) is 0 Å². The van der Waals surface area contributed by atoms with Crippen LogP contribution in [-0.4, -0.2) is 90.8 Å². The summed E-state index contributed by atoms with van der Waals surface area (Å²) in [7, 11) is 7.76. The molecule has 0 aromatic carbocycles. The summed E-state index contributed by atoms with van der Waals surface area (Å²) in [4.78, 5) is 6.60. The SMILES string of the molecule is CN=C(NCCCOCCOC)NCC1(N(C)C)CCOCC1. The molecule has 0 unspecified atom stereocenters. The first-order valence-electron chi connectivity index (χ1n) is 8.41. The lowest BCUT2D eigenvalue weighted by atomic mass is 9.88. The van der Waals surface area contributed by atoms with Crippen LogP contribution < -0.4 is 10.6 Å². The van der Waals surface area contributed by atoms with Crippen molar-refractivity contribution in [3.8, 4) is 0 Å². The third-order valence-electron chi connectivity index (χ3n) is 4.37. The Morgan fingerprint density at radius 1 is 1.17 bits per heavy atom. The van der Waals surface area contributed by atoms with E-state index in [0.717, 1.165) is 58.1 Å². The second kappa shape index (κ2) is 11.6. The summed E-state index contributed by atoms with van der Waals surface area (Å²) in [6.07, 6.45) is 3.02. The zero-order valence-electron chi connectivity index (χ0n) is 15.2. The van der Waals surface area contributed by atoms with E-state index >= 15 is 0 Å². The molecule has 0 aromatic rings. The number of guanidine groups is 1. The highest BCUT2D eigenvalue weighted by Crippen LogP contribution is 2.24. The number of hydrogen-bond donors (Lipinski definition) is 2. The van der Waals surface area contributed by atoms with Crippen LogP contribution in [0.25, 0.3) is 0 Å². The minimum absolute atomic E-state index is 0.138. The first-order valence-corrected chi connectivity index (χ1v) is 8.41. The van der Waals surface area contributed by atoms with Gasteiger partial charge in [0.1, 0.15) is 0 Å². The molecule has 2 N–H and O–H groups in total. The van der Waals surface area contributed by atoms with Crippen LogP contribution >= 0.6 is 0 Å². The minimum atomic E-state index is 0.138. The van der Waals surface area contributed by atoms with Crippen molar-refractivity contribution in [1.29, 1.82) is 0 Å². The van der Waals surface area contributed by atoms with Gasteiger partial charge in [-0.1, -0.05) is 0 Å². The quantitative estimate of drug-likeness (QED) is 0.341. The smallest absolute Gasteiger partial charge is 0.191 e. The zero-order chi connectivity index (χ0) is 17.0. The molecule has 0 radical (unpaired) electrons. The fourth-order valence-corrected chi connectivity index (χ4v) is 2.63. The Balaban J connectivity index is 2.24. The van der Waals surface area contributed by atoms with Crippen LogP contribution in [0.15, 0.2) is 4.99 Å². The topological polar surface area (TPSA) is 67.4 Å². The summed E-state index contributed by atoms with van der Waals surface area (Å²) >= 11 is 0. The summed E-state index contributed by atoms with van der Waals surface area (Å²) in [6.45, 7) is 5.38. The van der Waals surface area contributed by atoms with Crippen LogP contribution in [0.4, 0.5) is 0 Å². The average molecular weight is 330 g/mol. The molecule has 0 saturated carbocycles. The van der Waals surface area contributed by atoms with Gasteiger partial charge in [-0.05, 0) is 33.4 Å². The van der Waals surface area contributed by atoms with E-state index in [4.69, 9.17) is 14.2 Å². The van der Waals surface area contributed by atoms with Crippen molar-refractivity contribution in [2.24, 2.45) is 4.99 Å². The van der Waals surface area contributed by atoms with Crippen molar-refractivity contribution in [3.05, 3.63) is 0 Å². The van der Waals surface area contributed by atoms with Crippen molar-refractivity contribution in [1.82, 2.24) is 15.5 Å². The van der Waals surface area contributed by atoms with E-state index in [-0.39, 0.29) is 5.54 Å². The molecule has 1 fully saturated rings. The van der Waals surface area contributed by atoms with Crippen LogP contribution in [-0.2, 0) is 14.2 Å². The highest BCUT2D eigenvalue weighted by Gasteiger charge is 2.34. The fourth-order valence-electron chi connectivity index (χ4n) is 2.63. The van der Waals surface area contributed by atoms with Gasteiger partial charge in [0, 0.05) is 52.6 Å². The first kappa shape index (κ1) is 20.2. The van der Waals surface area contributed by atoms with E-state index in [2.05, 4.69) is 34.6 Å². The summed E-state index contributed by atoms with van der Waals surface area (Å²) in [5.74, 6) is 0.842. The summed E-state index contributed by atoms with van der Waals surface area (Å²) in [5.41, 5.74) is 0.138. The Hall–Kier alpha value is -0.890. The predicted molar refractivity (Wildman–Crippen MR) is 93.1 cm³/mol. The van der Waals surface area contributed by atoms with E-state index in [1.54, 1.807) is 14.2 Å². The van der Waals surface area contributed by atoms with E-state index < -0.39 is 0 Å². The molecule has 0 atom stereocenters. The monoisotopic (exact) mass is 330 g/mol. The second-order valence-corrected chi connectivity index (χ2v) is 6.04.